The zero-order chi connectivity index (χ0) is 14.9. The fraction of sp³-hybridized carbons (Fsp3) is 0.462. The Morgan fingerprint density at radius 3 is 2.85 bits per heavy atom. The maximum Gasteiger partial charge on any atom is 0.223 e. The summed E-state index contributed by atoms with van der Waals surface area (Å²) in [5, 5.41) is -0.238. The lowest BCUT2D eigenvalue weighted by molar-refractivity contribution is -0.128. The van der Waals surface area contributed by atoms with Crippen molar-refractivity contribution in [3.05, 3.63) is 22.6 Å². The van der Waals surface area contributed by atoms with Crippen LogP contribution in [0.4, 0.5) is 0 Å². The summed E-state index contributed by atoms with van der Waals surface area (Å²) in [5.74, 6) is 0.802. The largest absolute Gasteiger partial charge is 0.349 e. The minimum atomic E-state index is -0.238. The van der Waals surface area contributed by atoms with Crippen molar-refractivity contribution in [3.63, 3.8) is 0 Å². The molecule has 0 radical (unpaired) electrons. The van der Waals surface area contributed by atoms with E-state index in [1.165, 1.54) is 0 Å². The molecular formula is C13H16BrClN4O. The van der Waals surface area contributed by atoms with E-state index in [1.54, 1.807) is 25.2 Å². The monoisotopic (exact) mass is 358 g/mol. The van der Waals surface area contributed by atoms with Gasteiger partial charge in [0.25, 0.3) is 0 Å². The van der Waals surface area contributed by atoms with Gasteiger partial charge in [0, 0.05) is 37.7 Å². The average molecular weight is 360 g/mol. The Morgan fingerprint density at radius 1 is 1.55 bits per heavy atom. The van der Waals surface area contributed by atoms with Crippen molar-refractivity contribution in [1.29, 1.82) is 0 Å². The van der Waals surface area contributed by atoms with E-state index in [-0.39, 0.29) is 11.3 Å². The zero-order valence-electron chi connectivity index (χ0n) is 11.6. The number of imidazole rings is 1. The van der Waals surface area contributed by atoms with Crippen LogP contribution in [0.2, 0.25) is 0 Å². The molecule has 2 heterocycles. The second-order valence-corrected chi connectivity index (χ2v) is 6.34. The summed E-state index contributed by atoms with van der Waals surface area (Å²) in [4.78, 5) is 22.2. The van der Waals surface area contributed by atoms with Gasteiger partial charge in [-0.1, -0.05) is 0 Å². The molecule has 0 N–H and O–H groups in total. The lowest BCUT2D eigenvalue weighted by atomic mass is 10.3. The first-order chi connectivity index (χ1) is 9.40. The van der Waals surface area contributed by atoms with E-state index >= 15 is 0 Å². The third-order valence-electron chi connectivity index (χ3n) is 2.98. The van der Waals surface area contributed by atoms with Crippen LogP contribution in [0.1, 0.15) is 24.5 Å². The van der Waals surface area contributed by atoms with Crippen LogP contribution in [0, 0.1) is 0 Å². The normalized spacial score (nSPS) is 12.7. The minimum Gasteiger partial charge on any atom is -0.349 e. The summed E-state index contributed by atoms with van der Waals surface area (Å²) < 4.78 is 2.79. The van der Waals surface area contributed by atoms with Gasteiger partial charge in [-0.25, -0.2) is 9.97 Å². The predicted octanol–water partition coefficient (Wildman–Crippen LogP) is 2.97. The highest BCUT2D eigenvalue weighted by Gasteiger charge is 2.17. The molecule has 0 saturated carbocycles. The summed E-state index contributed by atoms with van der Waals surface area (Å²) in [7, 11) is 3.49. The first-order valence-electron chi connectivity index (χ1n) is 6.26. The molecule has 0 aliphatic heterocycles. The molecule has 1 amide bonds. The minimum absolute atomic E-state index is 0.0668. The Hall–Kier alpha value is -1.14. The van der Waals surface area contributed by atoms with Gasteiger partial charge < -0.3 is 9.47 Å². The van der Waals surface area contributed by atoms with E-state index in [1.807, 2.05) is 17.6 Å². The number of aryl methyl sites for hydroxylation is 1. The fourth-order valence-corrected chi connectivity index (χ4v) is 2.44. The molecule has 0 bridgehead atoms. The highest BCUT2D eigenvalue weighted by Crippen LogP contribution is 2.25. The predicted molar refractivity (Wildman–Crippen MR) is 82.8 cm³/mol. The number of carbonyl (C=O) groups excluding carboxylic acids is 1. The average Bonchev–Trinajstić information content (AvgIpc) is 2.73. The topological polar surface area (TPSA) is 51.0 Å². The van der Waals surface area contributed by atoms with Crippen LogP contribution in [-0.4, -0.2) is 39.4 Å². The number of rotatable bonds is 4. The molecule has 2 aromatic rings. The van der Waals surface area contributed by atoms with Gasteiger partial charge >= 0.3 is 0 Å². The summed E-state index contributed by atoms with van der Waals surface area (Å²) >= 11 is 9.56. The van der Waals surface area contributed by atoms with E-state index < -0.39 is 0 Å². The number of hydrogen-bond acceptors (Lipinski definition) is 3. The van der Waals surface area contributed by atoms with Crippen molar-refractivity contribution in [2.75, 3.05) is 14.1 Å². The van der Waals surface area contributed by atoms with Crippen LogP contribution in [0.25, 0.3) is 11.2 Å². The summed E-state index contributed by atoms with van der Waals surface area (Å²) in [6.07, 6.45) is 2.11. The van der Waals surface area contributed by atoms with Gasteiger partial charge in [-0.15, -0.1) is 11.6 Å². The molecule has 1 unspecified atom stereocenters. The van der Waals surface area contributed by atoms with Crippen molar-refractivity contribution in [1.82, 2.24) is 19.4 Å². The number of carbonyl (C=O) groups is 1. The molecule has 0 aromatic carbocycles. The van der Waals surface area contributed by atoms with Crippen molar-refractivity contribution >= 4 is 44.6 Å². The quantitative estimate of drug-likeness (QED) is 0.789. The van der Waals surface area contributed by atoms with Crippen molar-refractivity contribution in [2.24, 2.45) is 0 Å². The molecule has 0 spiro atoms. The maximum absolute atomic E-state index is 11.7. The molecule has 0 aliphatic rings. The molecule has 7 heteroatoms. The van der Waals surface area contributed by atoms with Gasteiger partial charge in [0.15, 0.2) is 5.65 Å². The molecule has 2 rings (SSSR count). The summed E-state index contributed by atoms with van der Waals surface area (Å²) in [6.45, 7) is 2.39. The number of alkyl halides is 1. The van der Waals surface area contributed by atoms with E-state index in [0.29, 0.717) is 13.0 Å². The molecule has 5 nitrogen and oxygen atoms in total. The van der Waals surface area contributed by atoms with Crippen molar-refractivity contribution in [3.8, 4) is 0 Å². The van der Waals surface area contributed by atoms with Crippen molar-refractivity contribution < 1.29 is 4.79 Å². The van der Waals surface area contributed by atoms with E-state index in [9.17, 15) is 4.79 Å². The molecule has 1 atom stereocenters. The van der Waals surface area contributed by atoms with Crippen LogP contribution in [0.3, 0.4) is 0 Å². The molecule has 0 fully saturated rings. The third kappa shape index (κ3) is 3.12. The van der Waals surface area contributed by atoms with Gasteiger partial charge in [-0.2, -0.15) is 0 Å². The lowest BCUT2D eigenvalue weighted by Gasteiger charge is -2.13. The molecule has 0 aliphatic carbocycles. The lowest BCUT2D eigenvalue weighted by Crippen LogP contribution is -2.23. The maximum atomic E-state index is 11.7. The van der Waals surface area contributed by atoms with E-state index in [0.717, 1.165) is 21.5 Å². The Balaban J connectivity index is 2.39. The van der Waals surface area contributed by atoms with Crippen LogP contribution in [0.15, 0.2) is 16.7 Å². The fourth-order valence-electron chi connectivity index (χ4n) is 1.96. The summed E-state index contributed by atoms with van der Waals surface area (Å²) in [6, 6.07) is 1.90. The van der Waals surface area contributed by atoms with Gasteiger partial charge in [0.1, 0.15) is 11.3 Å². The second-order valence-electron chi connectivity index (χ2n) is 4.77. The summed E-state index contributed by atoms with van der Waals surface area (Å²) in [5.41, 5.74) is 1.53. The van der Waals surface area contributed by atoms with Crippen LogP contribution >= 0.6 is 27.5 Å². The molecular weight excluding hydrogens is 344 g/mol. The van der Waals surface area contributed by atoms with E-state index in [4.69, 9.17) is 11.6 Å². The molecule has 0 saturated heterocycles. The standard InChI is InChI=1S/C13H16BrClN4O/c1-8(15)12-17-10-6-9(14)7-16-13(10)19(12)5-4-11(20)18(2)3/h6-8H,4-5H2,1-3H3. The van der Waals surface area contributed by atoms with Gasteiger partial charge in [0.2, 0.25) is 5.91 Å². The second kappa shape index (κ2) is 6.10. The zero-order valence-corrected chi connectivity index (χ0v) is 13.9. The third-order valence-corrected chi connectivity index (χ3v) is 3.61. The highest BCUT2D eigenvalue weighted by atomic mass is 79.9. The first kappa shape index (κ1) is 15.3. The number of pyridine rings is 1. The molecule has 20 heavy (non-hydrogen) atoms. The van der Waals surface area contributed by atoms with Crippen LogP contribution in [0.5, 0.6) is 0 Å². The number of nitrogens with zero attached hydrogens (tertiary/aromatic N) is 4. The highest BCUT2D eigenvalue weighted by molar-refractivity contribution is 9.10. The number of hydrogen-bond donors (Lipinski definition) is 0. The van der Waals surface area contributed by atoms with E-state index in [2.05, 4.69) is 25.9 Å². The Bertz CT molecular complexity index is 639. The molecule has 108 valence electrons. The van der Waals surface area contributed by atoms with Crippen LogP contribution < -0.4 is 0 Å². The molecule has 2 aromatic heterocycles. The number of amides is 1. The number of fused-ring (bicyclic) bond motifs is 1. The van der Waals surface area contributed by atoms with Gasteiger partial charge in [0.05, 0.1) is 5.38 Å². The Kier molecular flexibility index (Phi) is 4.65. The number of aromatic nitrogens is 3. The first-order valence-corrected chi connectivity index (χ1v) is 7.49. The van der Waals surface area contributed by atoms with Crippen molar-refractivity contribution in [2.45, 2.75) is 25.3 Å². The number of halogens is 2. The van der Waals surface area contributed by atoms with Crippen LogP contribution in [-0.2, 0) is 11.3 Å². The Morgan fingerprint density at radius 2 is 2.25 bits per heavy atom. The Labute approximate surface area is 131 Å². The SMILES string of the molecule is CC(Cl)c1nc2cc(Br)cnc2n1CCC(=O)N(C)C. The van der Waals surface area contributed by atoms with Gasteiger partial charge in [-0.05, 0) is 28.9 Å². The van der Waals surface area contributed by atoms with Gasteiger partial charge in [-0.3, -0.25) is 4.79 Å². The smallest absolute Gasteiger partial charge is 0.223 e.